The monoisotopic (exact) mass is 302 g/mol. The lowest BCUT2D eigenvalue weighted by Gasteiger charge is -2.31. The molecule has 0 spiro atoms. The molecule has 20 heavy (non-hydrogen) atoms. The van der Waals surface area contributed by atoms with Crippen molar-refractivity contribution in [2.45, 2.75) is 77.8 Å². The lowest BCUT2D eigenvalue weighted by atomic mass is 10.2. The summed E-state index contributed by atoms with van der Waals surface area (Å²) in [4.78, 5) is 0. The lowest BCUT2D eigenvalue weighted by molar-refractivity contribution is 0.730. The summed E-state index contributed by atoms with van der Waals surface area (Å²) in [5.74, 6) is 11.9. The standard InChI is InChI=1S/C18H30Si2/c1-17(2,3)19(7,8)15-13-11-12-14-16-20(9,10)18(4,5)6/h1-10H3. The van der Waals surface area contributed by atoms with Crippen LogP contribution in [0.15, 0.2) is 0 Å². The Labute approximate surface area is 129 Å². The van der Waals surface area contributed by atoms with Crippen LogP contribution >= 0.6 is 0 Å². The van der Waals surface area contributed by atoms with E-state index in [2.05, 4.69) is 102 Å². The van der Waals surface area contributed by atoms with E-state index in [1.54, 1.807) is 0 Å². The van der Waals surface area contributed by atoms with Gasteiger partial charge in [0.1, 0.15) is 16.1 Å². The molecule has 0 aliphatic rings. The van der Waals surface area contributed by atoms with Crippen LogP contribution in [0.1, 0.15) is 41.5 Å². The first-order valence-corrected chi connectivity index (χ1v) is 13.2. The first kappa shape index (κ1) is 19.1. The van der Waals surface area contributed by atoms with Gasteiger partial charge < -0.3 is 0 Å². The molecule has 0 nitrogen and oxygen atoms in total. The zero-order valence-electron chi connectivity index (χ0n) is 15.0. The van der Waals surface area contributed by atoms with Crippen LogP contribution in [0.4, 0.5) is 0 Å². The molecular formula is C18H30Si2. The molecular weight excluding hydrogens is 272 g/mol. The van der Waals surface area contributed by atoms with Crippen molar-refractivity contribution in [2.75, 3.05) is 0 Å². The van der Waals surface area contributed by atoms with Crippen molar-refractivity contribution in [3.8, 4) is 34.8 Å². The minimum Gasteiger partial charge on any atom is -0.117 e. The second-order valence-electron chi connectivity index (χ2n) is 8.50. The van der Waals surface area contributed by atoms with Crippen LogP contribution in [-0.2, 0) is 0 Å². The summed E-state index contributed by atoms with van der Waals surface area (Å²) in [6, 6.07) is 0. The molecule has 0 aromatic rings. The first-order valence-electron chi connectivity index (χ1n) is 7.25. The Balaban J connectivity index is 4.96. The van der Waals surface area contributed by atoms with Crippen LogP contribution in [0.25, 0.3) is 0 Å². The highest BCUT2D eigenvalue weighted by Crippen LogP contribution is 2.35. The molecule has 0 aliphatic carbocycles. The number of hydrogen-bond donors (Lipinski definition) is 0. The van der Waals surface area contributed by atoms with Gasteiger partial charge in [0.15, 0.2) is 0 Å². The van der Waals surface area contributed by atoms with Crippen LogP contribution in [0.3, 0.4) is 0 Å². The fourth-order valence-electron chi connectivity index (χ4n) is 0.812. The average Bonchev–Trinajstić information content (AvgIpc) is 2.19. The predicted molar refractivity (Wildman–Crippen MR) is 97.7 cm³/mol. The van der Waals surface area contributed by atoms with E-state index < -0.39 is 16.1 Å². The molecule has 0 bridgehead atoms. The molecule has 0 unspecified atom stereocenters. The summed E-state index contributed by atoms with van der Waals surface area (Å²) < 4.78 is 0. The summed E-state index contributed by atoms with van der Waals surface area (Å²) in [6.07, 6.45) is 0. The Bertz CT molecular complexity index is 470. The maximum atomic E-state index is 3.39. The van der Waals surface area contributed by atoms with E-state index in [1.807, 2.05) is 0 Å². The predicted octanol–water partition coefficient (Wildman–Crippen LogP) is 5.09. The number of hydrogen-bond acceptors (Lipinski definition) is 0. The van der Waals surface area contributed by atoms with Crippen LogP contribution in [0.5, 0.6) is 0 Å². The molecule has 0 amide bonds. The molecule has 0 fully saturated rings. The fraction of sp³-hybridized carbons (Fsp3) is 0.667. The van der Waals surface area contributed by atoms with Crippen molar-refractivity contribution in [3.05, 3.63) is 0 Å². The van der Waals surface area contributed by atoms with Gasteiger partial charge in [0.2, 0.25) is 0 Å². The van der Waals surface area contributed by atoms with Crippen molar-refractivity contribution in [2.24, 2.45) is 0 Å². The third-order valence-electron chi connectivity index (χ3n) is 4.69. The zero-order chi connectivity index (χ0) is 16.2. The minimum atomic E-state index is -1.53. The molecule has 0 aliphatic heterocycles. The molecule has 0 radical (unpaired) electrons. The largest absolute Gasteiger partial charge is 0.139 e. The normalized spacial score (nSPS) is 12.3. The Morgan fingerprint density at radius 3 is 0.950 bits per heavy atom. The van der Waals surface area contributed by atoms with Gasteiger partial charge in [-0.05, 0) is 33.8 Å². The third-order valence-corrected chi connectivity index (χ3v) is 13.7. The van der Waals surface area contributed by atoms with Gasteiger partial charge >= 0.3 is 0 Å². The van der Waals surface area contributed by atoms with Gasteiger partial charge in [-0.25, -0.2) is 0 Å². The van der Waals surface area contributed by atoms with Gasteiger partial charge in [0, 0.05) is 0 Å². The van der Waals surface area contributed by atoms with Gasteiger partial charge in [-0.2, -0.15) is 0 Å². The van der Waals surface area contributed by atoms with E-state index in [1.165, 1.54) is 0 Å². The molecule has 0 rings (SSSR count). The molecule has 0 N–H and O–H groups in total. The van der Waals surface area contributed by atoms with Gasteiger partial charge in [-0.15, -0.1) is 11.1 Å². The molecule has 0 atom stereocenters. The van der Waals surface area contributed by atoms with Crippen LogP contribution in [0, 0.1) is 34.8 Å². The van der Waals surface area contributed by atoms with Crippen molar-refractivity contribution in [1.29, 1.82) is 0 Å². The summed E-state index contributed by atoms with van der Waals surface area (Å²) in [6.45, 7) is 22.8. The highest BCUT2D eigenvalue weighted by atomic mass is 28.3. The van der Waals surface area contributed by atoms with Gasteiger partial charge in [-0.3, -0.25) is 0 Å². The summed E-state index contributed by atoms with van der Waals surface area (Å²) >= 11 is 0. The average molecular weight is 303 g/mol. The minimum absolute atomic E-state index is 0.286. The summed E-state index contributed by atoms with van der Waals surface area (Å²) in [5.41, 5.74) is 6.77. The van der Waals surface area contributed by atoms with Crippen LogP contribution < -0.4 is 0 Å². The summed E-state index contributed by atoms with van der Waals surface area (Å²) in [7, 11) is -3.07. The van der Waals surface area contributed by atoms with Crippen LogP contribution in [-0.4, -0.2) is 16.1 Å². The lowest BCUT2D eigenvalue weighted by Crippen LogP contribution is -2.35. The maximum Gasteiger partial charge on any atom is 0.139 e. The SMILES string of the molecule is CC(C)(C)[Si](C)(C)C#CC#CC#C[Si](C)(C)C(C)(C)C. The molecule has 0 heterocycles. The Morgan fingerprint density at radius 2 is 0.750 bits per heavy atom. The molecule has 110 valence electrons. The third kappa shape index (κ3) is 5.62. The van der Waals surface area contributed by atoms with Crippen molar-refractivity contribution in [1.82, 2.24) is 0 Å². The Morgan fingerprint density at radius 1 is 0.500 bits per heavy atom. The first-order chi connectivity index (χ1) is 8.71. The van der Waals surface area contributed by atoms with Gasteiger partial charge in [-0.1, -0.05) is 67.7 Å². The second kappa shape index (κ2) is 6.26. The molecule has 0 saturated carbocycles. The smallest absolute Gasteiger partial charge is 0.117 e. The molecule has 0 saturated heterocycles. The van der Waals surface area contributed by atoms with Crippen molar-refractivity contribution in [3.63, 3.8) is 0 Å². The van der Waals surface area contributed by atoms with E-state index in [9.17, 15) is 0 Å². The number of rotatable bonds is 0. The Kier molecular flexibility index (Phi) is 5.98. The second-order valence-corrected chi connectivity index (χ2v) is 18.5. The van der Waals surface area contributed by atoms with E-state index in [0.29, 0.717) is 0 Å². The summed E-state index contributed by atoms with van der Waals surface area (Å²) in [5, 5.41) is 0.572. The van der Waals surface area contributed by atoms with Crippen LogP contribution in [0.2, 0.25) is 36.3 Å². The molecule has 0 aromatic carbocycles. The van der Waals surface area contributed by atoms with E-state index in [0.717, 1.165) is 0 Å². The topological polar surface area (TPSA) is 0 Å². The Hall–Kier alpha value is -0.886. The van der Waals surface area contributed by atoms with E-state index in [-0.39, 0.29) is 10.1 Å². The highest BCUT2D eigenvalue weighted by molar-refractivity contribution is 6.88. The van der Waals surface area contributed by atoms with E-state index in [4.69, 9.17) is 0 Å². The van der Waals surface area contributed by atoms with Crippen molar-refractivity contribution >= 4 is 16.1 Å². The van der Waals surface area contributed by atoms with E-state index >= 15 is 0 Å². The van der Waals surface area contributed by atoms with Gasteiger partial charge in [0.25, 0.3) is 0 Å². The molecule has 0 aromatic heterocycles. The van der Waals surface area contributed by atoms with Crippen molar-refractivity contribution < 1.29 is 0 Å². The highest BCUT2D eigenvalue weighted by Gasteiger charge is 2.34. The maximum absolute atomic E-state index is 3.39. The quantitative estimate of drug-likeness (QED) is 0.432. The van der Waals surface area contributed by atoms with Gasteiger partial charge in [0.05, 0.1) is 0 Å². The molecule has 2 heteroatoms. The zero-order valence-corrected chi connectivity index (χ0v) is 17.0. The fourth-order valence-corrected chi connectivity index (χ4v) is 2.31.